The summed E-state index contributed by atoms with van der Waals surface area (Å²) in [6, 6.07) is 3.02. The molecule has 130 valence electrons. The number of amides is 1. The molecule has 1 aromatic carbocycles. The Bertz CT molecular complexity index is 644. The monoisotopic (exact) mass is 355 g/mol. The van der Waals surface area contributed by atoms with Gasteiger partial charge in [0.15, 0.2) is 11.5 Å². The average Bonchev–Trinajstić information content (AvgIpc) is 3.04. The van der Waals surface area contributed by atoms with Crippen molar-refractivity contribution in [1.82, 2.24) is 5.32 Å². The Morgan fingerprint density at radius 3 is 2.75 bits per heavy atom. The fourth-order valence-corrected chi connectivity index (χ4v) is 3.24. The molecule has 1 fully saturated rings. The summed E-state index contributed by atoms with van der Waals surface area (Å²) in [4.78, 5) is 23.8. The van der Waals surface area contributed by atoms with Gasteiger partial charge in [0.1, 0.15) is 0 Å². The van der Waals surface area contributed by atoms with Gasteiger partial charge < -0.3 is 24.6 Å². The van der Waals surface area contributed by atoms with Crippen LogP contribution in [0.4, 0.5) is 0 Å². The van der Waals surface area contributed by atoms with E-state index in [1.807, 2.05) is 0 Å². The predicted molar refractivity (Wildman–Crippen MR) is 84.6 cm³/mol. The number of fused-ring (bicyclic) bond motifs is 1. The number of halogens is 1. The van der Waals surface area contributed by atoms with Crippen LogP contribution in [0.1, 0.15) is 23.2 Å². The molecule has 2 heterocycles. The second-order valence-corrected chi connectivity index (χ2v) is 6.20. The van der Waals surface area contributed by atoms with Crippen LogP contribution in [-0.2, 0) is 9.53 Å². The van der Waals surface area contributed by atoms with Gasteiger partial charge in [0, 0.05) is 25.3 Å². The molecule has 1 amide bonds. The molecule has 1 aromatic rings. The van der Waals surface area contributed by atoms with E-state index in [-0.39, 0.29) is 24.3 Å². The summed E-state index contributed by atoms with van der Waals surface area (Å²) in [5.41, 5.74) is 0.306. The van der Waals surface area contributed by atoms with Crippen LogP contribution >= 0.6 is 11.6 Å². The second kappa shape index (κ2) is 7.27. The van der Waals surface area contributed by atoms with E-state index in [0.29, 0.717) is 43.1 Å². The van der Waals surface area contributed by atoms with Crippen molar-refractivity contribution in [2.75, 3.05) is 26.6 Å². The summed E-state index contributed by atoms with van der Waals surface area (Å²) in [7, 11) is 0. The number of ether oxygens (including phenoxy) is 3. The molecule has 2 N–H and O–H groups in total. The van der Waals surface area contributed by atoms with Gasteiger partial charge in [-0.15, -0.1) is 0 Å². The third kappa shape index (κ3) is 3.57. The van der Waals surface area contributed by atoms with Crippen LogP contribution in [0, 0.1) is 11.8 Å². The summed E-state index contributed by atoms with van der Waals surface area (Å²) in [5.74, 6) is -1.12. The maximum atomic E-state index is 12.3. The van der Waals surface area contributed by atoms with Gasteiger partial charge in [0.25, 0.3) is 5.91 Å². The zero-order valence-electron chi connectivity index (χ0n) is 12.9. The fourth-order valence-electron chi connectivity index (χ4n) is 2.98. The molecule has 0 saturated carbocycles. The van der Waals surface area contributed by atoms with Gasteiger partial charge >= 0.3 is 5.97 Å². The summed E-state index contributed by atoms with van der Waals surface area (Å²) >= 11 is 6.06. The predicted octanol–water partition coefficient (Wildman–Crippen LogP) is 1.93. The van der Waals surface area contributed by atoms with Crippen molar-refractivity contribution in [2.45, 2.75) is 12.8 Å². The molecule has 0 bridgehead atoms. The Balaban J connectivity index is 1.65. The number of hydrogen-bond donors (Lipinski definition) is 2. The fraction of sp³-hybridized carbons (Fsp3) is 0.500. The first-order chi connectivity index (χ1) is 11.6. The number of benzene rings is 1. The number of carboxylic acid groups (broad SMARTS) is 1. The molecule has 0 aromatic heterocycles. The quantitative estimate of drug-likeness (QED) is 0.838. The first-order valence-electron chi connectivity index (χ1n) is 7.74. The van der Waals surface area contributed by atoms with Crippen molar-refractivity contribution in [3.05, 3.63) is 22.7 Å². The molecule has 1 unspecified atom stereocenters. The maximum absolute atomic E-state index is 12.3. The van der Waals surface area contributed by atoms with Crippen molar-refractivity contribution < 1.29 is 28.9 Å². The largest absolute Gasteiger partial charge is 0.481 e. The zero-order valence-corrected chi connectivity index (χ0v) is 13.7. The van der Waals surface area contributed by atoms with E-state index in [0.717, 1.165) is 0 Å². The molecule has 2 aliphatic heterocycles. The highest BCUT2D eigenvalue weighted by molar-refractivity contribution is 6.32. The number of nitrogens with one attached hydrogen (secondary N) is 1. The van der Waals surface area contributed by atoms with Crippen LogP contribution in [-0.4, -0.2) is 43.5 Å². The summed E-state index contributed by atoms with van der Waals surface area (Å²) < 4.78 is 15.7. The van der Waals surface area contributed by atoms with E-state index >= 15 is 0 Å². The van der Waals surface area contributed by atoms with Crippen LogP contribution in [0.15, 0.2) is 12.1 Å². The lowest BCUT2D eigenvalue weighted by Crippen LogP contribution is -2.39. The number of rotatable bonds is 5. The van der Waals surface area contributed by atoms with E-state index in [2.05, 4.69) is 5.32 Å². The number of carbonyl (C=O) groups is 2. The van der Waals surface area contributed by atoms with E-state index in [1.165, 1.54) is 12.1 Å². The highest BCUT2D eigenvalue weighted by atomic mass is 35.5. The Labute approximate surface area is 143 Å². The molecular formula is C16H18ClNO6. The summed E-state index contributed by atoms with van der Waals surface area (Å²) in [6.45, 7) is 1.23. The normalized spacial score (nSPS) is 18.2. The first-order valence-corrected chi connectivity index (χ1v) is 8.12. The molecule has 1 saturated heterocycles. The maximum Gasteiger partial charge on any atom is 0.308 e. The lowest BCUT2D eigenvalue weighted by molar-refractivity contribution is -0.144. The number of carboxylic acids is 1. The molecule has 24 heavy (non-hydrogen) atoms. The van der Waals surface area contributed by atoms with E-state index < -0.39 is 17.8 Å². The van der Waals surface area contributed by atoms with Crippen LogP contribution in [0.3, 0.4) is 0 Å². The zero-order chi connectivity index (χ0) is 17.1. The summed E-state index contributed by atoms with van der Waals surface area (Å²) in [5, 5.41) is 12.4. The molecule has 3 rings (SSSR count). The van der Waals surface area contributed by atoms with Crippen LogP contribution in [0.25, 0.3) is 0 Å². The molecule has 0 radical (unpaired) electrons. The van der Waals surface area contributed by atoms with Crippen molar-refractivity contribution in [3.8, 4) is 11.5 Å². The number of carbonyl (C=O) groups excluding carboxylic acids is 1. The smallest absolute Gasteiger partial charge is 0.308 e. The van der Waals surface area contributed by atoms with Crippen LogP contribution in [0.5, 0.6) is 11.5 Å². The highest BCUT2D eigenvalue weighted by Crippen LogP contribution is 2.39. The molecule has 7 nitrogen and oxygen atoms in total. The van der Waals surface area contributed by atoms with Gasteiger partial charge in [-0.3, -0.25) is 9.59 Å². The second-order valence-electron chi connectivity index (χ2n) is 5.80. The molecular weight excluding hydrogens is 338 g/mol. The van der Waals surface area contributed by atoms with E-state index in [1.54, 1.807) is 0 Å². The van der Waals surface area contributed by atoms with Gasteiger partial charge in [-0.2, -0.15) is 0 Å². The van der Waals surface area contributed by atoms with Crippen LogP contribution < -0.4 is 14.8 Å². The third-order valence-electron chi connectivity index (χ3n) is 4.32. The SMILES string of the molecule is O=C(NCC(C(=O)O)C1CCOCC1)c1cc(Cl)c2c(c1)OCO2. The third-order valence-corrected chi connectivity index (χ3v) is 4.60. The minimum absolute atomic E-state index is 0.00288. The lowest BCUT2D eigenvalue weighted by atomic mass is 9.86. The highest BCUT2D eigenvalue weighted by Gasteiger charge is 2.30. The minimum atomic E-state index is -0.911. The minimum Gasteiger partial charge on any atom is -0.481 e. The summed E-state index contributed by atoms with van der Waals surface area (Å²) in [6.07, 6.45) is 1.37. The van der Waals surface area contributed by atoms with Gasteiger partial charge in [0.2, 0.25) is 6.79 Å². The first kappa shape index (κ1) is 16.9. The number of hydrogen-bond acceptors (Lipinski definition) is 5. The van der Waals surface area contributed by atoms with Gasteiger partial charge in [-0.25, -0.2) is 0 Å². The van der Waals surface area contributed by atoms with Gasteiger partial charge in [-0.05, 0) is 30.9 Å². The number of aliphatic carboxylic acids is 1. The van der Waals surface area contributed by atoms with E-state index in [9.17, 15) is 14.7 Å². The molecule has 8 heteroatoms. The van der Waals surface area contributed by atoms with Crippen molar-refractivity contribution in [3.63, 3.8) is 0 Å². The standard InChI is InChI=1S/C16H18ClNO6/c17-12-5-10(6-13-14(12)24-8-23-13)15(19)18-7-11(16(20)21)9-1-3-22-4-2-9/h5-6,9,11H,1-4,7-8H2,(H,18,19)(H,20,21). The lowest BCUT2D eigenvalue weighted by Gasteiger charge is -2.27. The molecule has 1 atom stereocenters. The van der Waals surface area contributed by atoms with Crippen LogP contribution in [0.2, 0.25) is 5.02 Å². The Kier molecular flexibility index (Phi) is 5.11. The molecule has 0 aliphatic carbocycles. The Morgan fingerprint density at radius 2 is 2.04 bits per heavy atom. The Morgan fingerprint density at radius 1 is 1.29 bits per heavy atom. The molecule has 2 aliphatic rings. The van der Waals surface area contributed by atoms with Gasteiger partial charge in [-0.1, -0.05) is 11.6 Å². The Hall–Kier alpha value is -1.99. The van der Waals surface area contributed by atoms with Crippen molar-refractivity contribution in [1.29, 1.82) is 0 Å². The topological polar surface area (TPSA) is 94.1 Å². The molecule has 0 spiro atoms. The average molecular weight is 356 g/mol. The van der Waals surface area contributed by atoms with E-state index in [4.69, 9.17) is 25.8 Å². The van der Waals surface area contributed by atoms with Gasteiger partial charge in [0.05, 0.1) is 10.9 Å². The van der Waals surface area contributed by atoms with Crippen molar-refractivity contribution in [2.24, 2.45) is 11.8 Å². The van der Waals surface area contributed by atoms with Crippen molar-refractivity contribution >= 4 is 23.5 Å².